The summed E-state index contributed by atoms with van der Waals surface area (Å²) in [7, 11) is 0. The highest BCUT2D eigenvalue weighted by atomic mass is 35.5. The Morgan fingerprint density at radius 3 is 2.08 bits per heavy atom. The summed E-state index contributed by atoms with van der Waals surface area (Å²) < 4.78 is 19.7. The van der Waals surface area contributed by atoms with Gasteiger partial charge in [0.05, 0.1) is 11.6 Å². The van der Waals surface area contributed by atoms with Crippen molar-refractivity contribution in [3.63, 3.8) is 0 Å². The van der Waals surface area contributed by atoms with Gasteiger partial charge in [-0.2, -0.15) is 0 Å². The summed E-state index contributed by atoms with van der Waals surface area (Å²) >= 11 is 6.39. The number of epoxide rings is 1. The van der Waals surface area contributed by atoms with E-state index in [1.165, 1.54) is 44.9 Å². The number of hydrogen-bond acceptors (Lipinski definition) is 1. The van der Waals surface area contributed by atoms with Crippen LogP contribution < -0.4 is 0 Å². The van der Waals surface area contributed by atoms with Crippen LogP contribution in [0.4, 0.5) is 4.39 Å². The molecule has 1 aliphatic heterocycles. The SMILES string of the molecule is CCC1CCC(C2CCC(c3ccc(C4CO4)c(F)c3Cl)CC2)CC1. The van der Waals surface area contributed by atoms with Crippen molar-refractivity contribution in [1.82, 2.24) is 0 Å². The Bertz CT molecular complexity index is 596. The van der Waals surface area contributed by atoms with E-state index in [-0.39, 0.29) is 11.9 Å². The summed E-state index contributed by atoms with van der Waals surface area (Å²) in [6, 6.07) is 3.95. The molecule has 0 N–H and O–H groups in total. The summed E-state index contributed by atoms with van der Waals surface area (Å²) in [5.41, 5.74) is 1.66. The first-order valence-corrected chi connectivity index (χ1v) is 10.6. The van der Waals surface area contributed by atoms with Crippen molar-refractivity contribution in [2.24, 2.45) is 17.8 Å². The molecule has 1 nitrogen and oxygen atoms in total. The maximum Gasteiger partial charge on any atom is 0.147 e. The molecule has 1 atom stereocenters. The number of hydrogen-bond donors (Lipinski definition) is 0. The van der Waals surface area contributed by atoms with Crippen LogP contribution in [0.3, 0.4) is 0 Å². The largest absolute Gasteiger partial charge is 0.368 e. The second kappa shape index (κ2) is 7.56. The zero-order valence-corrected chi connectivity index (χ0v) is 16.0. The lowest BCUT2D eigenvalue weighted by molar-refractivity contribution is 0.158. The van der Waals surface area contributed by atoms with E-state index >= 15 is 0 Å². The van der Waals surface area contributed by atoms with Crippen LogP contribution in [-0.2, 0) is 4.74 Å². The van der Waals surface area contributed by atoms with Gasteiger partial charge in [-0.25, -0.2) is 4.39 Å². The van der Waals surface area contributed by atoms with Crippen LogP contribution in [-0.4, -0.2) is 6.61 Å². The fraction of sp³-hybridized carbons (Fsp3) is 0.727. The Morgan fingerprint density at radius 1 is 0.960 bits per heavy atom. The third-order valence-electron chi connectivity index (χ3n) is 7.17. The Hall–Kier alpha value is -0.600. The van der Waals surface area contributed by atoms with Gasteiger partial charge in [-0.15, -0.1) is 0 Å². The van der Waals surface area contributed by atoms with Crippen molar-refractivity contribution in [2.75, 3.05) is 6.61 Å². The Kier molecular flexibility index (Phi) is 5.38. The minimum Gasteiger partial charge on any atom is -0.368 e. The van der Waals surface area contributed by atoms with Gasteiger partial charge in [0.15, 0.2) is 0 Å². The van der Waals surface area contributed by atoms with Crippen molar-refractivity contribution < 1.29 is 9.13 Å². The van der Waals surface area contributed by atoms with Crippen LogP contribution in [0.25, 0.3) is 0 Å². The van der Waals surface area contributed by atoms with Crippen molar-refractivity contribution in [2.45, 2.75) is 76.7 Å². The maximum atomic E-state index is 14.5. The first-order valence-electron chi connectivity index (χ1n) is 10.3. The molecule has 3 aliphatic rings. The van der Waals surface area contributed by atoms with Crippen LogP contribution in [0.5, 0.6) is 0 Å². The van der Waals surface area contributed by atoms with Gasteiger partial charge in [0, 0.05) is 5.56 Å². The molecule has 1 unspecified atom stereocenters. The minimum atomic E-state index is -0.248. The molecule has 0 aromatic heterocycles. The van der Waals surface area contributed by atoms with Gasteiger partial charge in [-0.1, -0.05) is 49.9 Å². The van der Waals surface area contributed by atoms with Crippen LogP contribution >= 0.6 is 11.6 Å². The Labute approximate surface area is 156 Å². The molecule has 1 aromatic carbocycles. The van der Waals surface area contributed by atoms with Crippen LogP contribution in [0.2, 0.25) is 5.02 Å². The van der Waals surface area contributed by atoms with Crippen LogP contribution in [0.1, 0.15) is 87.9 Å². The van der Waals surface area contributed by atoms with Gasteiger partial charge in [-0.3, -0.25) is 0 Å². The quantitative estimate of drug-likeness (QED) is 0.522. The fourth-order valence-electron chi connectivity index (χ4n) is 5.34. The van der Waals surface area contributed by atoms with Gasteiger partial charge in [-0.05, 0) is 67.8 Å². The van der Waals surface area contributed by atoms with E-state index < -0.39 is 0 Å². The van der Waals surface area contributed by atoms with E-state index in [9.17, 15) is 4.39 Å². The first-order chi connectivity index (χ1) is 12.2. The molecule has 0 spiro atoms. The van der Waals surface area contributed by atoms with Crippen LogP contribution in [0, 0.1) is 23.6 Å². The number of rotatable bonds is 4. The smallest absolute Gasteiger partial charge is 0.147 e. The standard InChI is InChI=1S/C22H30ClFO/c1-2-14-3-5-15(6-4-14)16-7-9-17(10-8-16)18-11-12-19(20-13-25-20)22(24)21(18)23/h11-12,14-17,20H,2-10,13H2,1H3. The molecule has 1 heterocycles. The summed E-state index contributed by atoms with van der Waals surface area (Å²) in [4.78, 5) is 0. The van der Waals surface area contributed by atoms with Crippen molar-refractivity contribution in [3.8, 4) is 0 Å². The van der Waals surface area contributed by atoms with E-state index in [1.54, 1.807) is 0 Å². The van der Waals surface area contributed by atoms with E-state index in [1.807, 2.05) is 6.07 Å². The monoisotopic (exact) mass is 364 g/mol. The molecule has 3 heteroatoms. The molecular formula is C22H30ClFO. The lowest BCUT2D eigenvalue weighted by Gasteiger charge is -2.38. The predicted octanol–water partition coefficient (Wildman–Crippen LogP) is 7.04. The van der Waals surface area contributed by atoms with Gasteiger partial charge in [0.1, 0.15) is 11.9 Å². The third-order valence-corrected chi connectivity index (χ3v) is 7.55. The van der Waals surface area contributed by atoms with Gasteiger partial charge in [0.25, 0.3) is 0 Å². The van der Waals surface area contributed by atoms with E-state index in [2.05, 4.69) is 13.0 Å². The Balaban J connectivity index is 1.37. The number of ether oxygens (including phenoxy) is 1. The highest BCUT2D eigenvalue weighted by Crippen LogP contribution is 2.46. The van der Waals surface area contributed by atoms with E-state index in [0.29, 0.717) is 23.1 Å². The second-order valence-corrected chi connectivity index (χ2v) is 8.87. The average molecular weight is 365 g/mol. The molecule has 25 heavy (non-hydrogen) atoms. The molecular weight excluding hydrogens is 335 g/mol. The number of benzene rings is 1. The minimum absolute atomic E-state index is 0.0689. The van der Waals surface area contributed by atoms with Crippen molar-refractivity contribution in [3.05, 3.63) is 34.1 Å². The van der Waals surface area contributed by atoms with Crippen molar-refractivity contribution in [1.29, 1.82) is 0 Å². The zero-order valence-electron chi connectivity index (χ0n) is 15.3. The molecule has 2 aliphatic carbocycles. The fourth-order valence-corrected chi connectivity index (χ4v) is 5.67. The first kappa shape index (κ1) is 17.8. The summed E-state index contributed by atoms with van der Waals surface area (Å²) in [6.07, 6.45) is 11.9. The summed E-state index contributed by atoms with van der Waals surface area (Å²) in [5.74, 6) is 2.98. The van der Waals surface area contributed by atoms with Crippen molar-refractivity contribution >= 4 is 11.6 Å². The second-order valence-electron chi connectivity index (χ2n) is 8.49. The highest BCUT2D eigenvalue weighted by molar-refractivity contribution is 6.31. The average Bonchev–Trinajstić information content (AvgIpc) is 3.49. The molecule has 0 bridgehead atoms. The maximum absolute atomic E-state index is 14.5. The lowest BCUT2D eigenvalue weighted by atomic mass is 9.68. The van der Waals surface area contributed by atoms with Gasteiger partial charge in [0.2, 0.25) is 0 Å². The molecule has 138 valence electrons. The predicted molar refractivity (Wildman–Crippen MR) is 101 cm³/mol. The molecule has 0 amide bonds. The molecule has 1 saturated heterocycles. The van der Waals surface area contributed by atoms with E-state index in [0.717, 1.165) is 36.2 Å². The molecule has 1 aromatic rings. The molecule has 2 saturated carbocycles. The summed E-state index contributed by atoms with van der Waals surface area (Å²) in [5, 5.41) is 0.347. The van der Waals surface area contributed by atoms with Gasteiger partial charge < -0.3 is 4.74 Å². The highest BCUT2D eigenvalue weighted by Gasteiger charge is 2.33. The Morgan fingerprint density at radius 2 is 1.52 bits per heavy atom. The van der Waals surface area contributed by atoms with Crippen LogP contribution in [0.15, 0.2) is 12.1 Å². The summed E-state index contributed by atoms with van der Waals surface area (Å²) in [6.45, 7) is 2.96. The third kappa shape index (κ3) is 3.76. The normalized spacial score (nSPS) is 35.6. The molecule has 0 radical (unpaired) electrons. The van der Waals surface area contributed by atoms with E-state index in [4.69, 9.17) is 16.3 Å². The lowest BCUT2D eigenvalue weighted by Crippen LogP contribution is -2.25. The molecule has 4 rings (SSSR count). The topological polar surface area (TPSA) is 12.5 Å². The number of halogens is 2. The molecule has 3 fully saturated rings. The van der Waals surface area contributed by atoms with Gasteiger partial charge >= 0.3 is 0 Å². The zero-order chi connectivity index (χ0) is 17.4.